The molecule has 0 unspecified atom stereocenters. The first-order chi connectivity index (χ1) is 9.74. The van der Waals surface area contributed by atoms with Crippen LogP contribution in [-0.2, 0) is 10.3 Å². The molecule has 3 N–H and O–H groups in total. The number of rotatable bonds is 6. The molecule has 1 saturated carbocycles. The molecule has 0 bridgehead atoms. The molecule has 0 aliphatic heterocycles. The van der Waals surface area contributed by atoms with Gasteiger partial charge in [0.25, 0.3) is 5.92 Å². The summed E-state index contributed by atoms with van der Waals surface area (Å²) < 4.78 is 32.3. The lowest BCUT2D eigenvalue weighted by molar-refractivity contribution is -0.136. The fraction of sp³-hybridized carbons (Fsp3) is 0.692. The van der Waals surface area contributed by atoms with E-state index in [0.29, 0.717) is 18.9 Å². The lowest BCUT2D eigenvalue weighted by atomic mass is 9.87. The summed E-state index contributed by atoms with van der Waals surface area (Å²) in [5.41, 5.74) is 4.35. The van der Waals surface area contributed by atoms with E-state index in [4.69, 9.17) is 10.5 Å². The van der Waals surface area contributed by atoms with E-state index < -0.39 is 17.5 Å². The molecule has 6 nitrogen and oxygen atoms in total. The van der Waals surface area contributed by atoms with E-state index in [-0.39, 0.29) is 31.2 Å². The van der Waals surface area contributed by atoms with Crippen LogP contribution >= 0.6 is 12.4 Å². The molecule has 0 spiro atoms. The molecule has 0 atom stereocenters. The Balaban J connectivity index is 0.00000242. The zero-order valence-electron chi connectivity index (χ0n) is 12.5. The number of carbonyl (C=O) groups excluding carboxylic acids is 1. The highest BCUT2D eigenvalue weighted by molar-refractivity contribution is 5.85. The Labute approximate surface area is 133 Å². The lowest BCUT2D eigenvalue weighted by Crippen LogP contribution is -2.55. The van der Waals surface area contributed by atoms with Crippen molar-refractivity contribution in [3.63, 3.8) is 0 Å². The van der Waals surface area contributed by atoms with Gasteiger partial charge in [0.1, 0.15) is 12.1 Å². The van der Waals surface area contributed by atoms with Gasteiger partial charge in [-0.3, -0.25) is 9.48 Å². The zero-order chi connectivity index (χ0) is 15.7. The van der Waals surface area contributed by atoms with Crippen LogP contribution in [0.2, 0.25) is 0 Å². The third-order valence-corrected chi connectivity index (χ3v) is 3.50. The molecule has 1 aromatic heterocycles. The summed E-state index contributed by atoms with van der Waals surface area (Å²) in [6.07, 6.45) is 2.46. The van der Waals surface area contributed by atoms with Crippen molar-refractivity contribution in [2.24, 2.45) is 5.73 Å². The van der Waals surface area contributed by atoms with Crippen LogP contribution in [0.3, 0.4) is 0 Å². The number of nitrogens with two attached hydrogens (primary N) is 1. The summed E-state index contributed by atoms with van der Waals surface area (Å²) in [5.74, 6) is -2.50. The van der Waals surface area contributed by atoms with Crippen molar-refractivity contribution in [2.45, 2.75) is 44.2 Å². The van der Waals surface area contributed by atoms with Crippen LogP contribution in [0.5, 0.6) is 5.75 Å². The smallest absolute Gasteiger partial charge is 0.252 e. The Morgan fingerprint density at radius 3 is 2.77 bits per heavy atom. The van der Waals surface area contributed by atoms with Gasteiger partial charge in [-0.2, -0.15) is 5.10 Å². The van der Waals surface area contributed by atoms with Crippen LogP contribution in [0.25, 0.3) is 0 Å². The quantitative estimate of drug-likeness (QED) is 0.819. The summed E-state index contributed by atoms with van der Waals surface area (Å²) >= 11 is 0. The predicted molar refractivity (Wildman–Crippen MR) is 79.5 cm³/mol. The van der Waals surface area contributed by atoms with E-state index in [1.54, 1.807) is 20.0 Å². The third kappa shape index (κ3) is 4.07. The Morgan fingerprint density at radius 2 is 2.23 bits per heavy atom. The van der Waals surface area contributed by atoms with Crippen LogP contribution < -0.4 is 15.8 Å². The van der Waals surface area contributed by atoms with Crippen LogP contribution in [0.1, 0.15) is 26.7 Å². The van der Waals surface area contributed by atoms with Crippen LogP contribution in [0.4, 0.5) is 8.78 Å². The molecule has 1 amide bonds. The second-order valence-electron chi connectivity index (χ2n) is 5.75. The lowest BCUT2D eigenvalue weighted by Gasteiger charge is -2.37. The van der Waals surface area contributed by atoms with Crippen molar-refractivity contribution in [1.29, 1.82) is 0 Å². The molecule has 1 aromatic rings. The van der Waals surface area contributed by atoms with E-state index in [2.05, 4.69) is 10.4 Å². The summed E-state index contributed by atoms with van der Waals surface area (Å²) in [4.78, 5) is 12.2. The molecule has 0 saturated heterocycles. The van der Waals surface area contributed by atoms with Gasteiger partial charge in [0, 0.05) is 25.4 Å². The normalized spacial score (nSPS) is 17.3. The predicted octanol–water partition coefficient (Wildman–Crippen LogP) is 1.29. The maximum absolute atomic E-state index is 12.8. The maximum Gasteiger partial charge on any atom is 0.252 e. The number of hydrogen-bond donors (Lipinski definition) is 2. The monoisotopic (exact) mass is 338 g/mol. The Kier molecular flexibility index (Phi) is 5.75. The van der Waals surface area contributed by atoms with Crippen LogP contribution in [0, 0.1) is 0 Å². The summed E-state index contributed by atoms with van der Waals surface area (Å²) in [5, 5.41) is 6.71. The minimum Gasteiger partial charge on any atom is -0.489 e. The molecule has 2 rings (SSSR count). The summed E-state index contributed by atoms with van der Waals surface area (Å²) in [7, 11) is 0. The number of nitrogens with one attached hydrogen (secondary N) is 1. The average molecular weight is 339 g/mol. The number of hydrogen-bond acceptors (Lipinski definition) is 4. The van der Waals surface area contributed by atoms with Gasteiger partial charge >= 0.3 is 0 Å². The van der Waals surface area contributed by atoms with E-state index >= 15 is 0 Å². The van der Waals surface area contributed by atoms with Crippen molar-refractivity contribution < 1.29 is 18.3 Å². The molecule has 22 heavy (non-hydrogen) atoms. The van der Waals surface area contributed by atoms with Gasteiger partial charge < -0.3 is 15.8 Å². The molecule has 1 aliphatic rings. The highest BCUT2D eigenvalue weighted by Gasteiger charge is 2.47. The largest absolute Gasteiger partial charge is 0.489 e. The third-order valence-electron chi connectivity index (χ3n) is 3.50. The Morgan fingerprint density at radius 1 is 1.59 bits per heavy atom. The summed E-state index contributed by atoms with van der Waals surface area (Å²) in [6, 6.07) is -0.477. The number of aromatic nitrogens is 2. The molecule has 0 radical (unpaired) electrons. The highest BCUT2D eigenvalue weighted by Crippen LogP contribution is 2.37. The van der Waals surface area contributed by atoms with Crippen molar-refractivity contribution >= 4 is 18.3 Å². The number of carbonyl (C=O) groups is 1. The number of ether oxygens (including phenoxy) is 1. The zero-order valence-corrected chi connectivity index (χ0v) is 13.3. The van der Waals surface area contributed by atoms with Crippen molar-refractivity contribution in [2.75, 3.05) is 13.2 Å². The second kappa shape index (κ2) is 6.78. The van der Waals surface area contributed by atoms with E-state index in [0.717, 1.165) is 0 Å². The fourth-order valence-electron chi connectivity index (χ4n) is 2.09. The van der Waals surface area contributed by atoms with Crippen LogP contribution in [0.15, 0.2) is 12.4 Å². The second-order valence-corrected chi connectivity index (χ2v) is 5.75. The number of nitrogens with zero attached hydrogens (tertiary/aromatic N) is 2. The van der Waals surface area contributed by atoms with Gasteiger partial charge in [0.2, 0.25) is 5.91 Å². The summed E-state index contributed by atoms with van der Waals surface area (Å²) in [6.45, 7) is 4.07. The Hall–Kier alpha value is -1.41. The fourth-order valence-corrected chi connectivity index (χ4v) is 2.09. The molecule has 1 heterocycles. The molecule has 126 valence electrons. The van der Waals surface area contributed by atoms with Gasteiger partial charge in [-0.15, -0.1) is 12.4 Å². The van der Waals surface area contributed by atoms with Gasteiger partial charge in [-0.25, -0.2) is 8.78 Å². The molecular formula is C13H21ClF2N4O2. The topological polar surface area (TPSA) is 82.2 Å². The maximum atomic E-state index is 12.8. The minimum atomic E-state index is -2.66. The number of amides is 1. The van der Waals surface area contributed by atoms with Crippen molar-refractivity contribution in [3.05, 3.63) is 12.4 Å². The number of halogens is 3. The first kappa shape index (κ1) is 18.6. The van der Waals surface area contributed by atoms with E-state index in [9.17, 15) is 13.6 Å². The molecule has 9 heteroatoms. The molecular weight excluding hydrogens is 318 g/mol. The van der Waals surface area contributed by atoms with Crippen molar-refractivity contribution in [1.82, 2.24) is 15.1 Å². The Bertz CT molecular complexity index is 514. The standard InChI is InChI=1S/C13H20F2N4O2.ClH/c1-12(2,11(20)18-9-5-13(14,15)6-9)19-8-10(7-17-19)21-4-3-16;/h7-9H,3-6,16H2,1-2H3,(H,18,20);1H. The van der Waals surface area contributed by atoms with Gasteiger partial charge in [0.15, 0.2) is 5.75 Å². The van der Waals surface area contributed by atoms with Crippen LogP contribution in [-0.4, -0.2) is 40.8 Å². The van der Waals surface area contributed by atoms with Crippen molar-refractivity contribution in [3.8, 4) is 5.75 Å². The van der Waals surface area contributed by atoms with Gasteiger partial charge in [-0.05, 0) is 13.8 Å². The number of alkyl halides is 2. The minimum absolute atomic E-state index is 0. The molecule has 1 fully saturated rings. The van der Waals surface area contributed by atoms with Gasteiger partial charge in [-0.1, -0.05) is 0 Å². The first-order valence-corrected chi connectivity index (χ1v) is 6.81. The van der Waals surface area contributed by atoms with Gasteiger partial charge in [0.05, 0.1) is 12.4 Å². The average Bonchev–Trinajstić information content (AvgIpc) is 2.83. The van der Waals surface area contributed by atoms with E-state index in [1.165, 1.54) is 10.9 Å². The molecule has 0 aromatic carbocycles. The molecule has 1 aliphatic carbocycles. The van der Waals surface area contributed by atoms with E-state index in [1.807, 2.05) is 0 Å². The SMILES string of the molecule is CC(C)(C(=O)NC1CC(F)(F)C1)n1cc(OCCN)cn1.Cl. The first-order valence-electron chi connectivity index (χ1n) is 6.81. The highest BCUT2D eigenvalue weighted by atomic mass is 35.5.